The van der Waals surface area contributed by atoms with Crippen molar-refractivity contribution >= 4 is 11.8 Å². The Bertz CT molecular complexity index is 711. The fraction of sp³-hybridized carbons (Fsp3) is 0.588. The lowest BCUT2D eigenvalue weighted by Crippen LogP contribution is -2.45. The number of rotatable bonds is 4. The Morgan fingerprint density at radius 3 is 2.62 bits per heavy atom. The summed E-state index contributed by atoms with van der Waals surface area (Å²) in [5.41, 5.74) is 3.18. The van der Waals surface area contributed by atoms with E-state index in [0.717, 1.165) is 48.5 Å². The van der Waals surface area contributed by atoms with E-state index in [-0.39, 0.29) is 6.10 Å². The molecule has 0 N–H and O–H groups in total. The van der Waals surface area contributed by atoms with Crippen LogP contribution in [-0.4, -0.2) is 59.6 Å². The zero-order valence-corrected chi connectivity index (χ0v) is 15.2. The van der Waals surface area contributed by atoms with Crippen LogP contribution in [0, 0.1) is 20.8 Å². The van der Waals surface area contributed by atoms with Gasteiger partial charge in [0.2, 0.25) is 5.95 Å². The molecule has 24 heavy (non-hydrogen) atoms. The average molecular weight is 330 g/mol. The van der Waals surface area contributed by atoms with E-state index >= 15 is 0 Å². The lowest BCUT2D eigenvalue weighted by Gasteiger charge is -2.33. The summed E-state index contributed by atoms with van der Waals surface area (Å²) in [5.74, 6) is 1.71. The third-order valence-corrected chi connectivity index (χ3v) is 4.19. The first kappa shape index (κ1) is 16.7. The average Bonchev–Trinajstić information content (AvgIpc) is 2.84. The van der Waals surface area contributed by atoms with Gasteiger partial charge in [0, 0.05) is 44.6 Å². The first-order chi connectivity index (χ1) is 11.4. The number of morpholine rings is 1. The van der Waals surface area contributed by atoms with Gasteiger partial charge in [0.15, 0.2) is 0 Å². The molecule has 0 saturated carbocycles. The summed E-state index contributed by atoms with van der Waals surface area (Å²) >= 11 is 0. The van der Waals surface area contributed by atoms with Crippen molar-refractivity contribution in [3.05, 3.63) is 29.2 Å². The molecule has 7 nitrogen and oxygen atoms in total. The van der Waals surface area contributed by atoms with Gasteiger partial charge in [-0.2, -0.15) is 10.1 Å². The van der Waals surface area contributed by atoms with Crippen LogP contribution in [0.5, 0.6) is 0 Å². The third kappa shape index (κ3) is 3.67. The second-order valence-corrected chi connectivity index (χ2v) is 6.61. The highest BCUT2D eigenvalue weighted by Gasteiger charge is 2.24. The van der Waals surface area contributed by atoms with Crippen molar-refractivity contribution in [2.24, 2.45) is 0 Å². The number of hydrogen-bond donors (Lipinski definition) is 0. The highest BCUT2D eigenvalue weighted by atomic mass is 16.5. The van der Waals surface area contributed by atoms with Crippen LogP contribution >= 0.6 is 0 Å². The highest BCUT2D eigenvalue weighted by molar-refractivity contribution is 5.45. The number of ether oxygens (including phenoxy) is 1. The van der Waals surface area contributed by atoms with E-state index in [4.69, 9.17) is 4.74 Å². The maximum Gasteiger partial charge on any atom is 0.227 e. The van der Waals surface area contributed by atoms with Crippen molar-refractivity contribution in [1.29, 1.82) is 0 Å². The molecule has 0 spiro atoms. The summed E-state index contributed by atoms with van der Waals surface area (Å²) in [6, 6.07) is 4.09. The predicted octanol–water partition coefficient (Wildman–Crippen LogP) is 1.57. The minimum Gasteiger partial charge on any atom is -0.373 e. The number of aryl methyl sites for hydroxylation is 3. The van der Waals surface area contributed by atoms with Crippen LogP contribution in [0.1, 0.15) is 17.1 Å². The lowest BCUT2D eigenvalue weighted by molar-refractivity contribution is 0.0265. The van der Waals surface area contributed by atoms with Crippen LogP contribution in [-0.2, 0) is 11.3 Å². The summed E-state index contributed by atoms with van der Waals surface area (Å²) < 4.78 is 7.96. The molecule has 1 aliphatic heterocycles. The summed E-state index contributed by atoms with van der Waals surface area (Å²) in [6.07, 6.45) is 0.0867. The Morgan fingerprint density at radius 1 is 1.17 bits per heavy atom. The van der Waals surface area contributed by atoms with E-state index in [1.807, 2.05) is 43.6 Å². The van der Waals surface area contributed by atoms with Crippen molar-refractivity contribution in [2.75, 3.05) is 43.6 Å². The lowest BCUT2D eigenvalue weighted by atomic mass is 10.2. The summed E-state index contributed by atoms with van der Waals surface area (Å²) in [6.45, 7) is 9.11. The van der Waals surface area contributed by atoms with Crippen LogP contribution in [0.4, 0.5) is 11.8 Å². The fourth-order valence-corrected chi connectivity index (χ4v) is 2.97. The molecular weight excluding hydrogens is 304 g/mol. The second kappa shape index (κ2) is 6.76. The molecule has 3 rings (SSSR count). The third-order valence-electron chi connectivity index (χ3n) is 4.19. The van der Waals surface area contributed by atoms with E-state index in [2.05, 4.69) is 33.0 Å². The minimum absolute atomic E-state index is 0.0867. The summed E-state index contributed by atoms with van der Waals surface area (Å²) in [5, 5.41) is 4.53. The Kier molecular flexibility index (Phi) is 4.71. The first-order valence-corrected chi connectivity index (χ1v) is 8.33. The standard InChI is InChI=1S/C17H26N6O/c1-12-9-16(21(4)5)19-17(18-12)22-6-7-24-15(10-22)11-23-14(3)8-13(2)20-23/h8-9,15H,6-7,10-11H2,1-5H3/t15-/m1/s1. The smallest absolute Gasteiger partial charge is 0.227 e. The molecule has 130 valence electrons. The molecule has 3 heterocycles. The van der Waals surface area contributed by atoms with E-state index in [1.54, 1.807) is 0 Å². The van der Waals surface area contributed by atoms with Gasteiger partial charge in [-0.1, -0.05) is 0 Å². The largest absolute Gasteiger partial charge is 0.373 e. The Balaban J connectivity index is 1.75. The molecule has 0 amide bonds. The molecule has 1 saturated heterocycles. The van der Waals surface area contributed by atoms with Gasteiger partial charge in [-0.3, -0.25) is 4.68 Å². The van der Waals surface area contributed by atoms with Gasteiger partial charge in [-0.25, -0.2) is 4.98 Å². The summed E-state index contributed by atoms with van der Waals surface area (Å²) in [7, 11) is 3.99. The first-order valence-electron chi connectivity index (χ1n) is 8.33. The zero-order valence-electron chi connectivity index (χ0n) is 15.2. The molecule has 0 bridgehead atoms. The van der Waals surface area contributed by atoms with Gasteiger partial charge in [-0.05, 0) is 26.8 Å². The molecule has 1 aliphatic rings. The molecule has 1 fully saturated rings. The second-order valence-electron chi connectivity index (χ2n) is 6.61. The minimum atomic E-state index is 0.0867. The molecule has 2 aromatic rings. The molecule has 0 radical (unpaired) electrons. The monoisotopic (exact) mass is 330 g/mol. The fourth-order valence-electron chi connectivity index (χ4n) is 2.97. The Morgan fingerprint density at radius 2 is 1.96 bits per heavy atom. The van der Waals surface area contributed by atoms with E-state index in [0.29, 0.717) is 6.61 Å². The van der Waals surface area contributed by atoms with Gasteiger partial charge in [-0.15, -0.1) is 0 Å². The molecule has 0 aliphatic carbocycles. The van der Waals surface area contributed by atoms with Crippen LogP contribution in [0.2, 0.25) is 0 Å². The van der Waals surface area contributed by atoms with Gasteiger partial charge < -0.3 is 14.5 Å². The van der Waals surface area contributed by atoms with Gasteiger partial charge in [0.25, 0.3) is 0 Å². The predicted molar refractivity (Wildman–Crippen MR) is 94.8 cm³/mol. The summed E-state index contributed by atoms with van der Waals surface area (Å²) in [4.78, 5) is 13.5. The van der Waals surface area contributed by atoms with Gasteiger partial charge in [0.1, 0.15) is 5.82 Å². The molecule has 0 aromatic carbocycles. The van der Waals surface area contributed by atoms with Crippen LogP contribution in [0.15, 0.2) is 12.1 Å². The van der Waals surface area contributed by atoms with Crippen LogP contribution in [0.25, 0.3) is 0 Å². The van der Waals surface area contributed by atoms with Crippen LogP contribution in [0.3, 0.4) is 0 Å². The molecular formula is C17H26N6O. The number of hydrogen-bond acceptors (Lipinski definition) is 6. The van der Waals surface area contributed by atoms with Crippen molar-refractivity contribution in [3.8, 4) is 0 Å². The van der Waals surface area contributed by atoms with Crippen molar-refractivity contribution in [2.45, 2.75) is 33.4 Å². The molecule has 0 unspecified atom stereocenters. The molecule has 1 atom stereocenters. The quantitative estimate of drug-likeness (QED) is 0.848. The van der Waals surface area contributed by atoms with Gasteiger partial charge >= 0.3 is 0 Å². The normalized spacial score (nSPS) is 18.0. The van der Waals surface area contributed by atoms with Crippen LogP contribution < -0.4 is 9.80 Å². The Hall–Kier alpha value is -2.15. The number of anilines is 2. The van der Waals surface area contributed by atoms with E-state index in [1.165, 1.54) is 0 Å². The highest BCUT2D eigenvalue weighted by Crippen LogP contribution is 2.19. The maximum atomic E-state index is 5.94. The molecule has 2 aromatic heterocycles. The molecule has 7 heteroatoms. The SMILES string of the molecule is Cc1cc(N(C)C)nc(N2CCO[C@@H](Cn3nc(C)cc3C)C2)n1. The Labute approximate surface area is 143 Å². The maximum absolute atomic E-state index is 5.94. The number of aromatic nitrogens is 4. The van der Waals surface area contributed by atoms with E-state index in [9.17, 15) is 0 Å². The van der Waals surface area contributed by atoms with E-state index < -0.39 is 0 Å². The number of nitrogens with zero attached hydrogens (tertiary/aromatic N) is 6. The van der Waals surface area contributed by atoms with Crippen molar-refractivity contribution in [1.82, 2.24) is 19.7 Å². The van der Waals surface area contributed by atoms with Crippen molar-refractivity contribution in [3.63, 3.8) is 0 Å². The topological polar surface area (TPSA) is 59.3 Å². The van der Waals surface area contributed by atoms with Gasteiger partial charge in [0.05, 0.1) is 24.9 Å². The zero-order chi connectivity index (χ0) is 17.3. The van der Waals surface area contributed by atoms with Crippen molar-refractivity contribution < 1.29 is 4.74 Å².